The third-order valence-corrected chi connectivity index (χ3v) is 12.4. The van der Waals surface area contributed by atoms with Crippen LogP contribution in [0.5, 0.6) is 0 Å². The van der Waals surface area contributed by atoms with Crippen LogP contribution in [-0.4, -0.2) is 4.57 Å². The lowest BCUT2D eigenvalue weighted by Gasteiger charge is -2.28. The number of rotatable bonds is 7. The lowest BCUT2D eigenvalue weighted by atomic mass is 9.97. The summed E-state index contributed by atoms with van der Waals surface area (Å²) >= 11 is 0. The largest absolute Gasteiger partial charge is 0.455 e. The third-order valence-electron chi connectivity index (χ3n) is 12.4. The van der Waals surface area contributed by atoms with Crippen LogP contribution >= 0.6 is 0 Å². The fourth-order valence-corrected chi connectivity index (χ4v) is 9.40. The minimum atomic E-state index is -0.681. The Morgan fingerprint density at radius 3 is 1.86 bits per heavy atom. The molecule has 0 N–H and O–H groups in total. The van der Waals surface area contributed by atoms with E-state index >= 15 is 0 Å². The van der Waals surface area contributed by atoms with Gasteiger partial charge in [-0.2, -0.15) is 0 Å². The Kier molecular flexibility index (Phi) is 6.33. The van der Waals surface area contributed by atoms with Crippen molar-refractivity contribution in [1.82, 2.24) is 4.57 Å². The quantitative estimate of drug-likeness (QED) is 0.159. The van der Waals surface area contributed by atoms with E-state index in [4.69, 9.17) is 14.0 Å². The van der Waals surface area contributed by atoms with Gasteiger partial charge in [-0.15, -0.1) is 0 Å². The Balaban J connectivity index is 1.04. The van der Waals surface area contributed by atoms with E-state index in [0.29, 0.717) is 22.5 Å². The van der Waals surface area contributed by atoms with Gasteiger partial charge < -0.3 is 13.9 Å². The molecular formula is C62H40N2O. The van der Waals surface area contributed by atoms with Gasteiger partial charge in [-0.1, -0.05) is 176 Å². The number of hydrogen-bond donors (Lipinski definition) is 0. The van der Waals surface area contributed by atoms with Crippen LogP contribution in [0.3, 0.4) is 0 Å². The molecule has 11 aromatic carbocycles. The van der Waals surface area contributed by atoms with Crippen molar-refractivity contribution in [2.45, 2.75) is 0 Å². The van der Waals surface area contributed by atoms with Gasteiger partial charge in [0.1, 0.15) is 11.2 Å². The summed E-state index contributed by atoms with van der Waals surface area (Å²) in [6.07, 6.45) is 0. The number of hydrogen-bond acceptors (Lipinski definition) is 2. The van der Waals surface area contributed by atoms with Gasteiger partial charge in [-0.25, -0.2) is 0 Å². The van der Waals surface area contributed by atoms with Gasteiger partial charge in [-0.3, -0.25) is 0 Å². The summed E-state index contributed by atoms with van der Waals surface area (Å²) in [5.41, 5.74) is 7.87. The van der Waals surface area contributed by atoms with E-state index in [0.717, 1.165) is 71.3 Å². The lowest BCUT2D eigenvalue weighted by molar-refractivity contribution is 0.672. The Bertz CT molecular complexity index is 4530. The summed E-state index contributed by atoms with van der Waals surface area (Å²) in [6, 6.07) is 51.4. The predicted molar refractivity (Wildman–Crippen MR) is 274 cm³/mol. The highest BCUT2D eigenvalue weighted by Gasteiger charge is 2.21. The summed E-state index contributed by atoms with van der Waals surface area (Å²) in [5, 5.41) is 5.41. The van der Waals surface area contributed by atoms with E-state index < -0.39 is 77.6 Å². The SMILES string of the molecule is [2H]c1c([2H])c(N(c2ccc(-c3ccccc3-n3c4ccccc4c4ccccc43)cc2)c2ccccc2-c2ccc3oc4c5ccccc5ccc4c3c2)c([2H])c([2H])c1-c1c([2H])c([2H])c([2H])c2c([2H])c([2H])c([2H])c([2H])c12. The standard InChI is InChI=1S/C62H40N2O/c1-3-17-48-41(14-1)16-13-23-49(48)43-28-34-46(35-29-43)63(57-24-9-6-19-51(57)45-33-39-61-56(40-45)55-38-32-42-15-2-4-20-52(42)62(55)65-61)47-36-30-44(31-37-47)50-18-5-10-25-58(50)64-59-26-11-7-21-53(59)54-22-8-12-27-60(54)64/h1-40H/i1D,3D,13D,14D,16D,17D,23D,28D,29D,34D,35D. The van der Waals surface area contributed by atoms with Crippen LogP contribution in [0.25, 0.3) is 104 Å². The molecule has 2 aromatic heterocycles. The van der Waals surface area contributed by atoms with Crippen LogP contribution in [0.1, 0.15) is 15.1 Å². The summed E-state index contributed by atoms with van der Waals surface area (Å²) < 4.78 is 109. The molecule has 2 heterocycles. The first kappa shape index (κ1) is 27.4. The molecule has 0 aliphatic heterocycles. The van der Waals surface area contributed by atoms with Crippen molar-refractivity contribution in [3.8, 4) is 39.1 Å². The molecule has 3 heteroatoms. The molecule has 0 unspecified atom stereocenters. The van der Waals surface area contributed by atoms with Crippen molar-refractivity contribution in [2.75, 3.05) is 4.90 Å². The Morgan fingerprint density at radius 1 is 0.385 bits per heavy atom. The predicted octanol–water partition coefficient (Wildman–Crippen LogP) is 17.5. The molecule has 65 heavy (non-hydrogen) atoms. The molecule has 0 atom stereocenters. The second-order valence-electron chi connectivity index (χ2n) is 16.0. The van der Waals surface area contributed by atoms with Crippen molar-refractivity contribution >= 4 is 82.4 Å². The molecule has 0 fully saturated rings. The normalized spacial score (nSPS) is 14.1. The molecule has 0 aliphatic rings. The van der Waals surface area contributed by atoms with Gasteiger partial charge in [0.2, 0.25) is 0 Å². The molecule has 0 saturated heterocycles. The molecule has 304 valence electrons. The molecule has 0 radical (unpaired) electrons. The Labute approximate surface area is 391 Å². The fraction of sp³-hybridized carbons (Fsp3) is 0. The van der Waals surface area contributed by atoms with Gasteiger partial charge in [-0.05, 0) is 105 Å². The van der Waals surface area contributed by atoms with E-state index in [-0.39, 0.29) is 16.5 Å². The van der Waals surface area contributed by atoms with Crippen molar-refractivity contribution in [2.24, 2.45) is 0 Å². The molecule has 0 bridgehead atoms. The van der Waals surface area contributed by atoms with Crippen LogP contribution in [0, 0.1) is 0 Å². The lowest BCUT2D eigenvalue weighted by Crippen LogP contribution is -2.11. The van der Waals surface area contributed by atoms with Crippen molar-refractivity contribution in [3.63, 3.8) is 0 Å². The molecule has 0 amide bonds. The zero-order chi connectivity index (χ0) is 52.4. The van der Waals surface area contributed by atoms with E-state index in [1.807, 2.05) is 121 Å². The van der Waals surface area contributed by atoms with Gasteiger partial charge in [0, 0.05) is 49.4 Å². The van der Waals surface area contributed by atoms with Crippen LogP contribution in [-0.2, 0) is 0 Å². The van der Waals surface area contributed by atoms with E-state index in [9.17, 15) is 5.48 Å². The maximum atomic E-state index is 9.89. The van der Waals surface area contributed by atoms with Gasteiger partial charge in [0.15, 0.2) is 0 Å². The molecule has 3 nitrogen and oxygen atoms in total. The first-order valence-corrected chi connectivity index (χ1v) is 21.4. The zero-order valence-corrected chi connectivity index (χ0v) is 34.5. The minimum Gasteiger partial charge on any atom is -0.455 e. The molecule has 0 saturated carbocycles. The first-order chi connectivity index (χ1) is 36.8. The highest BCUT2D eigenvalue weighted by molar-refractivity contribution is 6.16. The average molecular weight is 840 g/mol. The highest BCUT2D eigenvalue weighted by atomic mass is 16.3. The number of anilines is 3. The molecule has 0 aliphatic carbocycles. The first-order valence-electron chi connectivity index (χ1n) is 26.9. The second kappa shape index (κ2) is 15.0. The van der Waals surface area contributed by atoms with Crippen molar-refractivity contribution in [3.05, 3.63) is 242 Å². The highest BCUT2D eigenvalue weighted by Crippen LogP contribution is 2.45. The van der Waals surface area contributed by atoms with E-state index in [1.54, 1.807) is 4.90 Å². The summed E-state index contributed by atoms with van der Waals surface area (Å²) in [7, 11) is 0. The summed E-state index contributed by atoms with van der Waals surface area (Å²) in [6.45, 7) is 0. The number of furan rings is 1. The molecule has 0 spiro atoms. The summed E-state index contributed by atoms with van der Waals surface area (Å²) in [5.74, 6) is 0. The second-order valence-corrected chi connectivity index (χ2v) is 16.0. The number of aromatic nitrogens is 1. The van der Waals surface area contributed by atoms with E-state index in [2.05, 4.69) is 59.2 Å². The van der Waals surface area contributed by atoms with Gasteiger partial charge >= 0.3 is 0 Å². The van der Waals surface area contributed by atoms with Crippen LogP contribution in [0.15, 0.2) is 247 Å². The number of fused-ring (bicyclic) bond motifs is 9. The molecular weight excluding hydrogens is 789 g/mol. The van der Waals surface area contributed by atoms with E-state index in [1.165, 1.54) is 0 Å². The van der Waals surface area contributed by atoms with Crippen molar-refractivity contribution < 1.29 is 19.5 Å². The number of nitrogens with zero attached hydrogens (tertiary/aromatic N) is 2. The summed E-state index contributed by atoms with van der Waals surface area (Å²) in [4.78, 5) is 1.70. The number of benzene rings is 11. The Morgan fingerprint density at radius 2 is 1.05 bits per heavy atom. The Hall–Kier alpha value is -8.66. The van der Waals surface area contributed by atoms with Gasteiger partial charge in [0.05, 0.1) is 37.5 Å². The van der Waals surface area contributed by atoms with Crippen LogP contribution in [0.4, 0.5) is 17.1 Å². The fourth-order valence-electron chi connectivity index (χ4n) is 9.40. The maximum Gasteiger partial charge on any atom is 0.143 e. The maximum absolute atomic E-state index is 9.89. The minimum absolute atomic E-state index is 0.133. The topological polar surface area (TPSA) is 21.3 Å². The van der Waals surface area contributed by atoms with Crippen molar-refractivity contribution in [1.29, 1.82) is 0 Å². The number of para-hydroxylation sites is 4. The average Bonchev–Trinajstić information content (AvgIpc) is 4.00. The third kappa shape index (κ3) is 6.05. The van der Waals surface area contributed by atoms with Crippen LogP contribution < -0.4 is 4.90 Å². The molecule has 13 aromatic rings. The van der Waals surface area contributed by atoms with Crippen LogP contribution in [0.2, 0.25) is 0 Å². The zero-order valence-electron chi connectivity index (χ0n) is 45.5. The monoisotopic (exact) mass is 839 g/mol. The smallest absolute Gasteiger partial charge is 0.143 e. The van der Waals surface area contributed by atoms with Gasteiger partial charge in [0.25, 0.3) is 0 Å². The molecule has 13 rings (SSSR count).